The van der Waals surface area contributed by atoms with Crippen molar-refractivity contribution < 1.29 is 9.47 Å². The van der Waals surface area contributed by atoms with Gasteiger partial charge in [-0.1, -0.05) is 79.9 Å². The molecule has 3 nitrogen and oxygen atoms in total. The first-order chi connectivity index (χ1) is 13.3. The molecule has 0 saturated heterocycles. The van der Waals surface area contributed by atoms with Crippen molar-refractivity contribution in [3.05, 3.63) is 71.8 Å². The summed E-state index contributed by atoms with van der Waals surface area (Å²) in [7, 11) is 3.30. The lowest BCUT2D eigenvalue weighted by Crippen LogP contribution is -2.35. The Labute approximate surface area is 165 Å². The van der Waals surface area contributed by atoms with Gasteiger partial charge in [-0.3, -0.25) is 4.90 Å². The van der Waals surface area contributed by atoms with Crippen LogP contribution in [0, 0.1) is 0 Å². The van der Waals surface area contributed by atoms with Gasteiger partial charge in [0, 0.05) is 33.4 Å². The molecule has 0 unspecified atom stereocenters. The summed E-state index contributed by atoms with van der Waals surface area (Å²) in [4.78, 5) is 2.68. The van der Waals surface area contributed by atoms with E-state index in [-0.39, 0.29) is 0 Å². The van der Waals surface area contributed by atoms with Crippen LogP contribution in [0.4, 0.5) is 0 Å². The number of hydrogen-bond donors (Lipinski definition) is 0. The van der Waals surface area contributed by atoms with E-state index in [2.05, 4.69) is 75.0 Å². The maximum absolute atomic E-state index is 4.66. The Morgan fingerprint density at radius 2 is 1.15 bits per heavy atom. The van der Waals surface area contributed by atoms with Crippen molar-refractivity contribution in [3.8, 4) is 0 Å². The molecule has 0 spiro atoms. The van der Waals surface area contributed by atoms with Gasteiger partial charge in [0.1, 0.15) is 0 Å². The molecule has 0 aliphatic heterocycles. The fourth-order valence-electron chi connectivity index (χ4n) is 3.56. The van der Waals surface area contributed by atoms with E-state index in [1.54, 1.807) is 14.2 Å². The van der Waals surface area contributed by atoms with Gasteiger partial charge in [-0.15, -0.1) is 0 Å². The number of nitrogens with zero attached hydrogens (tertiary/aromatic N) is 1. The first-order valence-electron chi connectivity index (χ1n) is 10.1. The van der Waals surface area contributed by atoms with Crippen molar-refractivity contribution in [2.75, 3.05) is 27.4 Å². The lowest BCUT2D eigenvalue weighted by atomic mass is 9.93. The van der Waals surface area contributed by atoms with Crippen LogP contribution < -0.4 is 0 Å². The average molecular weight is 370 g/mol. The molecule has 1 fully saturated rings. The number of methoxy groups -OCH3 is 2. The van der Waals surface area contributed by atoms with E-state index >= 15 is 0 Å². The van der Waals surface area contributed by atoms with Crippen LogP contribution in [0.25, 0.3) is 0 Å². The predicted molar refractivity (Wildman–Crippen MR) is 113 cm³/mol. The van der Waals surface area contributed by atoms with Crippen molar-refractivity contribution in [2.45, 2.75) is 51.2 Å². The van der Waals surface area contributed by atoms with Crippen LogP contribution in [0.1, 0.15) is 43.2 Å². The summed E-state index contributed by atoms with van der Waals surface area (Å²) in [6.07, 6.45) is 6.93. The molecule has 1 saturated carbocycles. The van der Waals surface area contributed by atoms with Crippen LogP contribution in [-0.4, -0.2) is 38.4 Å². The lowest BCUT2D eigenvalue weighted by Gasteiger charge is -2.34. The topological polar surface area (TPSA) is 21.7 Å². The number of hydrogen-bond acceptors (Lipinski definition) is 3. The molecule has 1 aliphatic rings. The molecule has 0 N–H and O–H groups in total. The van der Waals surface area contributed by atoms with Gasteiger partial charge in [-0.2, -0.15) is 0 Å². The monoisotopic (exact) mass is 369 g/mol. The van der Waals surface area contributed by atoms with Crippen LogP contribution in [0.5, 0.6) is 0 Å². The van der Waals surface area contributed by atoms with E-state index in [4.69, 9.17) is 0 Å². The third-order valence-electron chi connectivity index (χ3n) is 5.04. The zero-order valence-corrected chi connectivity index (χ0v) is 17.0. The average Bonchev–Trinajstić information content (AvgIpc) is 2.74. The highest BCUT2D eigenvalue weighted by Gasteiger charge is 2.21. The molecule has 2 aromatic carbocycles. The first kappa shape index (κ1) is 21.6. The zero-order chi connectivity index (χ0) is 19.2. The Morgan fingerprint density at radius 1 is 0.704 bits per heavy atom. The van der Waals surface area contributed by atoms with Crippen molar-refractivity contribution in [1.82, 2.24) is 4.90 Å². The Morgan fingerprint density at radius 3 is 1.56 bits per heavy atom. The zero-order valence-electron chi connectivity index (χ0n) is 17.0. The molecule has 0 aromatic heterocycles. The quantitative estimate of drug-likeness (QED) is 0.589. The van der Waals surface area contributed by atoms with Gasteiger partial charge in [-0.05, 0) is 24.0 Å². The smallest absolute Gasteiger partial charge is 0.0696 e. The second kappa shape index (κ2) is 13.5. The summed E-state index contributed by atoms with van der Waals surface area (Å²) in [6.45, 7) is 3.52. The van der Waals surface area contributed by atoms with Gasteiger partial charge >= 0.3 is 0 Å². The number of ether oxygens (including phenoxy) is 2. The molecule has 3 rings (SSSR count). The second-order valence-electron chi connectivity index (χ2n) is 7.15. The Hall–Kier alpha value is -1.68. The van der Waals surface area contributed by atoms with Gasteiger partial charge in [0.2, 0.25) is 0 Å². The van der Waals surface area contributed by atoms with Crippen molar-refractivity contribution in [1.29, 1.82) is 0 Å². The number of rotatable bonds is 8. The minimum absolute atomic E-state index is 0.691. The van der Waals surface area contributed by atoms with Crippen molar-refractivity contribution >= 4 is 0 Å². The lowest BCUT2D eigenvalue weighted by molar-refractivity contribution is 0.103. The van der Waals surface area contributed by atoms with Gasteiger partial charge in [-0.25, -0.2) is 0 Å². The van der Waals surface area contributed by atoms with E-state index < -0.39 is 0 Å². The molecule has 148 valence electrons. The summed E-state index contributed by atoms with van der Waals surface area (Å²) >= 11 is 0. The largest absolute Gasteiger partial charge is 0.382 e. The van der Waals surface area contributed by atoms with Gasteiger partial charge in [0.25, 0.3) is 0 Å². The van der Waals surface area contributed by atoms with E-state index in [0.29, 0.717) is 13.2 Å². The fraction of sp³-hybridized carbons (Fsp3) is 0.500. The summed E-state index contributed by atoms with van der Waals surface area (Å²) in [5, 5.41) is 0. The van der Waals surface area contributed by atoms with E-state index in [0.717, 1.165) is 19.1 Å². The Bertz CT molecular complexity index is 536. The molecule has 1 aliphatic carbocycles. The van der Waals surface area contributed by atoms with Crippen molar-refractivity contribution in [2.24, 2.45) is 0 Å². The molecule has 27 heavy (non-hydrogen) atoms. The molecular weight excluding hydrogens is 334 g/mol. The molecule has 0 amide bonds. The summed E-state index contributed by atoms with van der Waals surface area (Å²) in [5.74, 6) is 0. The Kier molecular flexibility index (Phi) is 10.8. The van der Waals surface area contributed by atoms with Crippen molar-refractivity contribution in [3.63, 3.8) is 0 Å². The van der Waals surface area contributed by atoms with Crippen LogP contribution in [0.3, 0.4) is 0 Å². The third-order valence-corrected chi connectivity index (χ3v) is 5.04. The van der Waals surface area contributed by atoms with Crippen LogP contribution >= 0.6 is 0 Å². The third kappa shape index (κ3) is 8.70. The second-order valence-corrected chi connectivity index (χ2v) is 7.15. The van der Waals surface area contributed by atoms with Gasteiger partial charge in [0.15, 0.2) is 0 Å². The minimum Gasteiger partial charge on any atom is -0.382 e. The number of benzene rings is 2. The standard InChI is InChI=1S/C20H25N.C4H10O2/c1-4-10-18(11-5-1)16-21(20-14-8-3-9-15-20)17-19-12-6-2-7-13-19;1-5-3-4-6-2/h1-2,4-7,10-13,20H,3,8-9,14-17H2;3-4H2,1-2H3. The van der Waals surface area contributed by atoms with E-state index in [1.807, 2.05) is 0 Å². The molecule has 0 bridgehead atoms. The highest BCUT2D eigenvalue weighted by molar-refractivity contribution is 5.17. The molecular formula is C24H35NO2. The van der Waals surface area contributed by atoms with E-state index in [9.17, 15) is 0 Å². The first-order valence-corrected chi connectivity index (χ1v) is 10.1. The van der Waals surface area contributed by atoms with Crippen LogP contribution in [0.15, 0.2) is 60.7 Å². The van der Waals surface area contributed by atoms with Crippen LogP contribution in [0.2, 0.25) is 0 Å². The molecule has 0 heterocycles. The Balaban J connectivity index is 0.000000380. The SMILES string of the molecule is COCCOC.c1ccc(CN(Cc2ccccc2)C2CCCCC2)cc1. The normalized spacial score (nSPS) is 14.6. The summed E-state index contributed by atoms with van der Waals surface area (Å²) in [5.41, 5.74) is 2.86. The van der Waals surface area contributed by atoms with Crippen LogP contribution in [-0.2, 0) is 22.6 Å². The molecule has 3 heteroatoms. The van der Waals surface area contributed by atoms with E-state index in [1.165, 1.54) is 43.2 Å². The predicted octanol–water partition coefficient (Wildman–Crippen LogP) is 5.30. The highest BCUT2D eigenvalue weighted by atomic mass is 16.5. The summed E-state index contributed by atoms with van der Waals surface area (Å²) < 4.78 is 9.31. The highest BCUT2D eigenvalue weighted by Crippen LogP contribution is 2.25. The van der Waals surface area contributed by atoms with Gasteiger partial charge in [0.05, 0.1) is 13.2 Å². The molecule has 2 aromatic rings. The maximum Gasteiger partial charge on any atom is 0.0696 e. The maximum atomic E-state index is 4.66. The summed E-state index contributed by atoms with van der Waals surface area (Å²) in [6, 6.07) is 22.6. The molecule has 0 radical (unpaired) electrons. The minimum atomic E-state index is 0.691. The fourth-order valence-corrected chi connectivity index (χ4v) is 3.56. The van der Waals surface area contributed by atoms with Gasteiger partial charge < -0.3 is 9.47 Å². The molecule has 0 atom stereocenters.